The van der Waals surface area contributed by atoms with E-state index in [0.29, 0.717) is 24.3 Å². The van der Waals surface area contributed by atoms with E-state index in [0.717, 1.165) is 0 Å². The van der Waals surface area contributed by atoms with Gasteiger partial charge in [0.2, 0.25) is 0 Å². The Morgan fingerprint density at radius 2 is 2.29 bits per heavy atom. The van der Waals surface area contributed by atoms with Gasteiger partial charge in [-0.1, -0.05) is 13.8 Å². The first-order chi connectivity index (χ1) is 6.54. The zero-order chi connectivity index (χ0) is 10.7. The molecule has 1 aromatic heterocycles. The number of nitrogens with two attached hydrogens (primary N) is 1. The third-order valence-corrected chi connectivity index (χ3v) is 1.75. The Morgan fingerprint density at radius 1 is 1.64 bits per heavy atom. The summed E-state index contributed by atoms with van der Waals surface area (Å²) in [4.78, 5) is 27.9. The molecular formula is C9H13N3O2. The average Bonchev–Trinajstić information content (AvgIpc) is 2.46. The number of rotatable bonds is 4. The van der Waals surface area contributed by atoms with Crippen molar-refractivity contribution in [3.05, 3.63) is 17.2 Å². The largest absolute Gasteiger partial charge is 0.364 e. The van der Waals surface area contributed by atoms with Gasteiger partial charge in [-0.3, -0.25) is 9.59 Å². The molecule has 0 saturated carbocycles. The van der Waals surface area contributed by atoms with Crippen LogP contribution in [0, 0.1) is 5.92 Å². The minimum Gasteiger partial charge on any atom is -0.364 e. The van der Waals surface area contributed by atoms with Crippen molar-refractivity contribution in [1.29, 1.82) is 0 Å². The van der Waals surface area contributed by atoms with Crippen molar-refractivity contribution in [2.75, 3.05) is 0 Å². The molecule has 1 amide bonds. The first-order valence-corrected chi connectivity index (χ1v) is 4.38. The van der Waals surface area contributed by atoms with Crippen LogP contribution in [0.5, 0.6) is 0 Å². The van der Waals surface area contributed by atoms with Gasteiger partial charge in [0, 0.05) is 5.69 Å². The summed E-state index contributed by atoms with van der Waals surface area (Å²) < 4.78 is 0. The number of hydrogen-bond donors (Lipinski definition) is 2. The summed E-state index contributed by atoms with van der Waals surface area (Å²) in [6.45, 7) is 4.01. The number of aldehydes is 1. The first-order valence-electron chi connectivity index (χ1n) is 4.38. The molecule has 1 heterocycles. The quantitative estimate of drug-likeness (QED) is 0.686. The van der Waals surface area contributed by atoms with E-state index in [1.54, 1.807) is 0 Å². The fourth-order valence-electron chi connectivity index (χ4n) is 1.25. The molecule has 0 spiro atoms. The summed E-state index contributed by atoms with van der Waals surface area (Å²) >= 11 is 0. The highest BCUT2D eigenvalue weighted by atomic mass is 16.1. The molecule has 3 N–H and O–H groups in total. The molecule has 0 bridgehead atoms. The van der Waals surface area contributed by atoms with E-state index in [-0.39, 0.29) is 11.5 Å². The van der Waals surface area contributed by atoms with Crippen molar-refractivity contribution in [3.8, 4) is 0 Å². The average molecular weight is 195 g/mol. The van der Waals surface area contributed by atoms with Crippen LogP contribution in [0.25, 0.3) is 0 Å². The number of imidazole rings is 1. The van der Waals surface area contributed by atoms with Gasteiger partial charge >= 0.3 is 0 Å². The summed E-state index contributed by atoms with van der Waals surface area (Å²) in [6, 6.07) is 0. The van der Waals surface area contributed by atoms with E-state index in [4.69, 9.17) is 5.73 Å². The van der Waals surface area contributed by atoms with Gasteiger partial charge in [-0.25, -0.2) is 4.98 Å². The van der Waals surface area contributed by atoms with Gasteiger partial charge < -0.3 is 10.7 Å². The van der Waals surface area contributed by atoms with Crippen LogP contribution in [0.15, 0.2) is 0 Å². The smallest absolute Gasteiger partial charge is 0.269 e. The topological polar surface area (TPSA) is 88.8 Å². The van der Waals surface area contributed by atoms with Crippen LogP contribution < -0.4 is 5.73 Å². The number of hydrogen-bond acceptors (Lipinski definition) is 3. The third-order valence-electron chi connectivity index (χ3n) is 1.75. The van der Waals surface area contributed by atoms with Crippen molar-refractivity contribution >= 4 is 12.2 Å². The van der Waals surface area contributed by atoms with E-state index < -0.39 is 5.91 Å². The van der Waals surface area contributed by atoms with Crippen LogP contribution in [-0.2, 0) is 6.42 Å². The summed E-state index contributed by atoms with van der Waals surface area (Å²) in [6.07, 6.45) is 1.22. The predicted molar refractivity (Wildman–Crippen MR) is 51.0 cm³/mol. The summed E-state index contributed by atoms with van der Waals surface area (Å²) in [7, 11) is 0. The molecule has 0 aromatic carbocycles. The minimum atomic E-state index is -0.606. The van der Waals surface area contributed by atoms with Crippen LogP contribution in [-0.4, -0.2) is 22.2 Å². The zero-order valence-corrected chi connectivity index (χ0v) is 8.20. The Kier molecular flexibility index (Phi) is 3.01. The second-order valence-electron chi connectivity index (χ2n) is 3.53. The molecule has 0 aliphatic heterocycles. The van der Waals surface area contributed by atoms with Gasteiger partial charge in [0.25, 0.3) is 5.91 Å². The number of H-pyrrole nitrogens is 1. The Bertz CT molecular complexity index is 355. The fraction of sp³-hybridized carbons (Fsp3) is 0.444. The highest BCUT2D eigenvalue weighted by Gasteiger charge is 2.15. The molecule has 1 rings (SSSR count). The monoisotopic (exact) mass is 195 g/mol. The van der Waals surface area contributed by atoms with E-state index in [1.165, 1.54) is 0 Å². The van der Waals surface area contributed by atoms with Crippen molar-refractivity contribution in [2.24, 2.45) is 11.7 Å². The van der Waals surface area contributed by atoms with E-state index in [2.05, 4.69) is 9.97 Å². The predicted octanol–water partition coefficient (Wildman–Crippen LogP) is 0.520. The van der Waals surface area contributed by atoms with Crippen molar-refractivity contribution in [3.63, 3.8) is 0 Å². The molecule has 0 radical (unpaired) electrons. The van der Waals surface area contributed by atoms with Crippen molar-refractivity contribution < 1.29 is 9.59 Å². The molecule has 0 unspecified atom stereocenters. The second-order valence-corrected chi connectivity index (χ2v) is 3.53. The SMILES string of the molecule is CC(C)Cc1[nH]c(C=O)nc1C(N)=O. The summed E-state index contributed by atoms with van der Waals surface area (Å²) in [5.41, 5.74) is 5.92. The summed E-state index contributed by atoms with van der Waals surface area (Å²) in [5, 5.41) is 0. The van der Waals surface area contributed by atoms with Crippen LogP contribution in [0.1, 0.15) is 40.6 Å². The van der Waals surface area contributed by atoms with E-state index in [9.17, 15) is 9.59 Å². The molecule has 14 heavy (non-hydrogen) atoms. The van der Waals surface area contributed by atoms with Gasteiger partial charge in [0.1, 0.15) is 5.69 Å². The van der Waals surface area contributed by atoms with Crippen molar-refractivity contribution in [2.45, 2.75) is 20.3 Å². The second kappa shape index (κ2) is 4.04. The number of nitrogens with zero attached hydrogens (tertiary/aromatic N) is 1. The lowest BCUT2D eigenvalue weighted by molar-refractivity contribution is 0.0995. The minimum absolute atomic E-state index is 0.148. The molecule has 0 aliphatic rings. The van der Waals surface area contributed by atoms with Crippen molar-refractivity contribution in [1.82, 2.24) is 9.97 Å². The maximum Gasteiger partial charge on any atom is 0.269 e. The molecule has 5 nitrogen and oxygen atoms in total. The lowest BCUT2D eigenvalue weighted by atomic mass is 10.1. The number of nitrogens with one attached hydrogen (secondary N) is 1. The Balaban J connectivity index is 3.05. The standard InChI is InChI=1S/C9H13N3O2/c1-5(2)3-6-8(9(10)14)12-7(4-13)11-6/h4-5H,3H2,1-2H3,(H2,10,14)(H,11,12). The number of amides is 1. The molecule has 5 heteroatoms. The number of primary amides is 1. The number of carbonyl (C=O) groups is 2. The number of aromatic nitrogens is 2. The van der Waals surface area contributed by atoms with E-state index >= 15 is 0 Å². The van der Waals surface area contributed by atoms with Crippen LogP contribution >= 0.6 is 0 Å². The number of carbonyl (C=O) groups excluding carboxylic acids is 2. The maximum absolute atomic E-state index is 11.0. The van der Waals surface area contributed by atoms with Gasteiger partial charge in [-0.05, 0) is 12.3 Å². The lowest BCUT2D eigenvalue weighted by Crippen LogP contribution is -2.14. The Hall–Kier alpha value is -1.65. The highest BCUT2D eigenvalue weighted by Crippen LogP contribution is 2.10. The molecule has 0 fully saturated rings. The van der Waals surface area contributed by atoms with Gasteiger partial charge in [-0.2, -0.15) is 0 Å². The van der Waals surface area contributed by atoms with E-state index in [1.807, 2.05) is 13.8 Å². The molecule has 0 atom stereocenters. The molecule has 76 valence electrons. The molecular weight excluding hydrogens is 182 g/mol. The maximum atomic E-state index is 11.0. The number of aromatic amines is 1. The van der Waals surface area contributed by atoms with Gasteiger partial charge in [0.05, 0.1) is 0 Å². The Morgan fingerprint density at radius 3 is 2.71 bits per heavy atom. The molecule has 0 saturated heterocycles. The normalized spacial score (nSPS) is 10.5. The lowest BCUT2D eigenvalue weighted by Gasteiger charge is -2.02. The fourth-order valence-corrected chi connectivity index (χ4v) is 1.25. The van der Waals surface area contributed by atoms with Gasteiger partial charge in [0.15, 0.2) is 12.1 Å². The molecule has 0 aliphatic carbocycles. The molecule has 1 aromatic rings. The van der Waals surface area contributed by atoms with Crippen LogP contribution in [0.4, 0.5) is 0 Å². The Labute approximate surface area is 81.7 Å². The highest BCUT2D eigenvalue weighted by molar-refractivity contribution is 5.92. The third kappa shape index (κ3) is 2.18. The van der Waals surface area contributed by atoms with Gasteiger partial charge in [-0.15, -0.1) is 0 Å². The first kappa shape index (κ1) is 10.4. The zero-order valence-electron chi connectivity index (χ0n) is 8.20. The van der Waals surface area contributed by atoms with Crippen LogP contribution in [0.3, 0.4) is 0 Å². The summed E-state index contributed by atoms with van der Waals surface area (Å²) in [5.74, 6) is -0.0903. The van der Waals surface area contributed by atoms with Crippen LogP contribution in [0.2, 0.25) is 0 Å².